The zero-order valence-electron chi connectivity index (χ0n) is 7.91. The average Bonchev–Trinajstić information content (AvgIpc) is 0. The second-order valence-electron chi connectivity index (χ2n) is 0. The van der Waals surface area contributed by atoms with Crippen molar-refractivity contribution in [1.29, 1.82) is 0 Å². The Labute approximate surface area is 122 Å². The molecule has 0 aliphatic heterocycles. The summed E-state index contributed by atoms with van der Waals surface area (Å²) in [5, 5.41) is 0. The summed E-state index contributed by atoms with van der Waals surface area (Å²) in [5.41, 5.74) is 0. The Hall–Kier alpha value is 3.10. The second-order valence-corrected chi connectivity index (χ2v) is 0. The van der Waals surface area contributed by atoms with Crippen LogP contribution in [0, 0.1) is 0 Å². The van der Waals surface area contributed by atoms with Crippen LogP contribution in [0.3, 0.4) is 0 Å². The first-order valence-corrected chi connectivity index (χ1v) is 0. The van der Waals surface area contributed by atoms with Gasteiger partial charge in [0.1, 0.15) is 0 Å². The molecule has 0 fully saturated rings. The molecule has 0 atom stereocenters. The molecule has 6 N–H and O–H groups in total. The van der Waals surface area contributed by atoms with Crippen LogP contribution in [-0.4, -0.2) is 91.9 Å². The molecule has 0 saturated heterocycles. The van der Waals surface area contributed by atoms with Crippen molar-refractivity contribution in [2.24, 2.45) is 0 Å². The molecule has 0 saturated carbocycles. The van der Waals surface area contributed by atoms with Gasteiger partial charge >= 0.3 is 75.5 Å². The summed E-state index contributed by atoms with van der Waals surface area (Å²) in [4.78, 5) is 0. The summed E-state index contributed by atoms with van der Waals surface area (Å²) in [6.45, 7) is 0. The number of rotatable bonds is 0. The Kier molecular flexibility index (Phi) is 773. The Morgan fingerprint density at radius 1 is 0.571 bits per heavy atom. The maximum atomic E-state index is 0. The van der Waals surface area contributed by atoms with Gasteiger partial charge in [-0.1, -0.05) is 0 Å². The van der Waals surface area contributed by atoms with Gasteiger partial charge in [-0.15, -0.1) is 0 Å². The van der Waals surface area contributed by atoms with Crippen LogP contribution in [0.15, 0.2) is 0 Å². The first kappa shape index (κ1) is 87.0. The Morgan fingerprint density at radius 3 is 0.571 bits per heavy atom. The van der Waals surface area contributed by atoms with E-state index in [0.29, 0.717) is 0 Å². The Bertz CT molecular complexity index is 21.3. The number of hydrogen-bond donors (Lipinski definition) is 0. The van der Waals surface area contributed by atoms with Crippen molar-refractivity contribution >= 4 is 102 Å². The van der Waals surface area contributed by atoms with Crippen molar-refractivity contribution in [2.45, 2.75) is 0 Å². The van der Waals surface area contributed by atoms with E-state index in [4.69, 9.17) is 0 Å². The normalized spacial score (nSPS) is 0. The molecule has 0 aliphatic carbocycles. The monoisotopic (exact) mass is 206 g/mol. The van der Waals surface area contributed by atoms with Crippen LogP contribution in [0.5, 0.6) is 0 Å². The third kappa shape index (κ3) is 47.7. The molecule has 0 bridgehead atoms. The van der Waals surface area contributed by atoms with Crippen molar-refractivity contribution in [2.75, 3.05) is 0 Å². The largest absolute Gasteiger partial charge is 2.00 e. The Balaban J connectivity index is 0. The van der Waals surface area contributed by atoms with Gasteiger partial charge in [-0.05, 0) is 0 Å². The quantitative estimate of drug-likeness (QED) is 0.390. The van der Waals surface area contributed by atoms with E-state index in [1.165, 1.54) is 0 Å². The minimum atomic E-state index is 0. The van der Waals surface area contributed by atoms with Crippen LogP contribution in [0.2, 0.25) is 0 Å². The molecule has 0 aromatic heterocycles. The van der Waals surface area contributed by atoms with Gasteiger partial charge in [-0.2, -0.15) is 27.0 Å². The zero-order valence-corrected chi connectivity index (χ0v) is 10.3. The summed E-state index contributed by atoms with van der Waals surface area (Å²) in [7, 11) is 0. The summed E-state index contributed by atoms with van der Waals surface area (Å²) in [6.07, 6.45) is 0. The predicted molar refractivity (Wildman–Crippen MR) is 47.6 cm³/mol. The van der Waals surface area contributed by atoms with Gasteiger partial charge in [0.15, 0.2) is 0 Å². The molecule has 0 aromatic rings. The fraction of sp³-hybridized carbons (Fsp3) is 0. The third-order valence-electron chi connectivity index (χ3n) is 0. The molecule has 48 valence electrons. The van der Waals surface area contributed by atoms with E-state index in [2.05, 4.69) is 0 Å². The van der Waals surface area contributed by atoms with Crippen molar-refractivity contribution in [3.63, 3.8) is 0 Å². The molecule has 0 aromatic carbocycles. The number of hydrogen-bond acceptors (Lipinski definition) is 0. The van der Waals surface area contributed by atoms with Crippen molar-refractivity contribution in [3.8, 4) is 0 Å². The fourth-order valence-corrected chi connectivity index (χ4v) is 0. The molecular formula is H14Ca2O3S2. The van der Waals surface area contributed by atoms with Crippen LogP contribution < -0.4 is 0 Å². The van der Waals surface area contributed by atoms with Crippen LogP contribution in [-0.2, 0) is 0 Å². The molecular weight excluding hydrogens is 192 g/mol. The van der Waals surface area contributed by atoms with E-state index in [9.17, 15) is 0 Å². The average molecular weight is 206 g/mol. The van der Waals surface area contributed by atoms with E-state index >= 15 is 0 Å². The van der Waals surface area contributed by atoms with Gasteiger partial charge in [0, 0.05) is 0 Å². The van der Waals surface area contributed by atoms with Crippen LogP contribution in [0.4, 0.5) is 0 Å². The summed E-state index contributed by atoms with van der Waals surface area (Å²) in [5.74, 6) is 0. The van der Waals surface area contributed by atoms with E-state index in [-0.39, 0.29) is 125 Å². The van der Waals surface area contributed by atoms with Gasteiger partial charge in [-0.3, -0.25) is 0 Å². The van der Waals surface area contributed by atoms with Crippen LogP contribution in [0.25, 0.3) is 0 Å². The molecule has 0 heterocycles. The van der Waals surface area contributed by atoms with E-state index in [0.717, 1.165) is 0 Å². The molecule has 0 aliphatic rings. The minimum Gasteiger partial charge on any atom is -1.00 e. The first-order chi connectivity index (χ1) is 0. The van der Waals surface area contributed by atoms with Gasteiger partial charge in [-0.25, -0.2) is 0 Å². The van der Waals surface area contributed by atoms with Crippen molar-refractivity contribution in [3.05, 3.63) is 0 Å². The van der Waals surface area contributed by atoms with Gasteiger partial charge < -0.3 is 22.1 Å². The van der Waals surface area contributed by atoms with Crippen LogP contribution >= 0.6 is 27.0 Å². The zero-order chi connectivity index (χ0) is 0. The fourth-order valence-electron chi connectivity index (χ4n) is 0. The molecule has 3 nitrogen and oxygen atoms in total. The molecule has 0 spiro atoms. The molecule has 7 heavy (non-hydrogen) atoms. The van der Waals surface area contributed by atoms with Gasteiger partial charge in [0.25, 0.3) is 0 Å². The van der Waals surface area contributed by atoms with Crippen molar-refractivity contribution in [1.82, 2.24) is 0 Å². The topological polar surface area (TPSA) is 94.5 Å². The molecule has 0 amide bonds. The van der Waals surface area contributed by atoms with E-state index in [1.807, 2.05) is 0 Å². The summed E-state index contributed by atoms with van der Waals surface area (Å²) in [6, 6.07) is 0. The van der Waals surface area contributed by atoms with E-state index < -0.39 is 0 Å². The SMILES string of the molecule is O.O.O.S.S.[Ca+2].[Ca+2].[H-].[H-].[H-].[H-]. The standard InChI is InChI=1S/2Ca.3H2O.2H2S.4H/h;;5*1H2;;;;/q2*+2;;;;;;4*-1. The molecule has 0 rings (SSSR count). The molecule has 0 radical (unpaired) electrons. The maximum Gasteiger partial charge on any atom is 2.00 e. The molecule has 0 unspecified atom stereocenters. The predicted octanol–water partition coefficient (Wildman–Crippen LogP) is -2.56. The van der Waals surface area contributed by atoms with E-state index in [1.54, 1.807) is 0 Å². The Morgan fingerprint density at radius 2 is 0.571 bits per heavy atom. The maximum absolute atomic E-state index is 0. The van der Waals surface area contributed by atoms with Gasteiger partial charge in [0.05, 0.1) is 0 Å². The molecule has 7 heteroatoms. The van der Waals surface area contributed by atoms with Crippen LogP contribution in [0.1, 0.15) is 5.71 Å². The minimum absolute atomic E-state index is 0. The summed E-state index contributed by atoms with van der Waals surface area (Å²) < 4.78 is 0. The third-order valence-corrected chi connectivity index (χ3v) is 0. The summed E-state index contributed by atoms with van der Waals surface area (Å²) >= 11 is 0. The van der Waals surface area contributed by atoms with Gasteiger partial charge in [0.2, 0.25) is 0 Å². The second kappa shape index (κ2) is 62.1. The van der Waals surface area contributed by atoms with Crippen molar-refractivity contribution < 1.29 is 22.1 Å². The smallest absolute Gasteiger partial charge is 1.00 e. The first-order valence-electron chi connectivity index (χ1n) is 0.